The topological polar surface area (TPSA) is 117 Å². The number of rotatable bonds is 8. The number of nitrogens with one attached hydrogen (secondary N) is 1. The molecule has 0 radical (unpaired) electrons. The highest BCUT2D eigenvalue weighted by Gasteiger charge is 2.28. The second kappa shape index (κ2) is 9.72. The molecule has 0 spiro atoms. The van der Waals surface area contributed by atoms with E-state index in [1.165, 1.54) is 0 Å². The predicted molar refractivity (Wildman–Crippen MR) is 143 cm³/mol. The Hall–Kier alpha value is -4.14. The summed E-state index contributed by atoms with van der Waals surface area (Å²) >= 11 is 0. The quantitative estimate of drug-likeness (QED) is 0.362. The van der Waals surface area contributed by atoms with Gasteiger partial charge in [-0.25, -0.2) is 14.6 Å². The minimum atomic E-state index is -0.324. The highest BCUT2D eigenvalue weighted by molar-refractivity contribution is 5.88. The number of ether oxygens (including phenoxy) is 2. The number of benzene rings is 2. The molecule has 3 N–H and O–H groups in total. The van der Waals surface area contributed by atoms with Crippen LogP contribution < -0.4 is 20.5 Å². The monoisotopic (exact) mass is 500 g/mol. The first-order valence-corrected chi connectivity index (χ1v) is 12.5. The zero-order chi connectivity index (χ0) is 26.2. The Kier molecular flexibility index (Phi) is 6.45. The van der Waals surface area contributed by atoms with Crippen LogP contribution in [0.5, 0.6) is 11.5 Å². The van der Waals surface area contributed by atoms with E-state index in [0.717, 1.165) is 40.6 Å². The first-order valence-electron chi connectivity index (χ1n) is 12.5. The first-order chi connectivity index (χ1) is 17.7. The van der Waals surface area contributed by atoms with Crippen LogP contribution in [0.4, 0.5) is 5.82 Å². The lowest BCUT2D eigenvalue weighted by molar-refractivity contribution is -0.124. The number of carbonyl (C=O) groups is 1. The Morgan fingerprint density at radius 3 is 2.62 bits per heavy atom. The number of carbonyl (C=O) groups excluding carboxylic acids is 1. The van der Waals surface area contributed by atoms with Gasteiger partial charge >= 0.3 is 0 Å². The Balaban J connectivity index is 1.52. The van der Waals surface area contributed by atoms with Gasteiger partial charge in [-0.2, -0.15) is 0 Å². The molecule has 1 amide bonds. The van der Waals surface area contributed by atoms with Crippen molar-refractivity contribution in [3.05, 3.63) is 54.2 Å². The molecule has 37 heavy (non-hydrogen) atoms. The van der Waals surface area contributed by atoms with Crippen LogP contribution in [-0.4, -0.2) is 44.4 Å². The van der Waals surface area contributed by atoms with Crippen LogP contribution in [0.25, 0.3) is 28.1 Å². The molecule has 0 unspecified atom stereocenters. The van der Waals surface area contributed by atoms with Gasteiger partial charge in [0.05, 0.1) is 12.1 Å². The molecule has 2 aromatic carbocycles. The van der Waals surface area contributed by atoms with Gasteiger partial charge in [0.2, 0.25) is 0 Å². The second-order valence-electron chi connectivity index (χ2n) is 10.3. The van der Waals surface area contributed by atoms with E-state index < -0.39 is 0 Å². The van der Waals surface area contributed by atoms with Crippen LogP contribution in [0.1, 0.15) is 52.0 Å². The van der Waals surface area contributed by atoms with Crippen LogP contribution in [0, 0.1) is 0 Å². The van der Waals surface area contributed by atoms with Crippen molar-refractivity contribution >= 4 is 22.6 Å². The van der Waals surface area contributed by atoms with Crippen molar-refractivity contribution in [1.82, 2.24) is 25.1 Å². The van der Waals surface area contributed by atoms with E-state index in [9.17, 15) is 4.79 Å². The van der Waals surface area contributed by atoms with Crippen molar-refractivity contribution in [3.8, 4) is 28.7 Å². The Morgan fingerprint density at radius 1 is 1.11 bits per heavy atom. The minimum Gasteiger partial charge on any atom is -0.494 e. The van der Waals surface area contributed by atoms with E-state index >= 15 is 0 Å². The molecule has 5 rings (SSSR count). The summed E-state index contributed by atoms with van der Waals surface area (Å²) in [6, 6.07) is 13.1. The summed E-state index contributed by atoms with van der Waals surface area (Å²) in [7, 11) is 0. The van der Waals surface area contributed by atoms with Crippen LogP contribution in [0.15, 0.2) is 48.7 Å². The highest BCUT2D eigenvalue weighted by Crippen LogP contribution is 2.42. The normalized spacial score (nSPS) is 13.5. The third-order valence-electron chi connectivity index (χ3n) is 5.94. The number of nitrogen functional groups attached to an aromatic ring is 1. The SMILES string of the molecule is CCOc1ccc2nc(-c3cccc(OCC(=O)NC(C)(C)C)c3)nc(-n3cc(C4CC4)c(N)n3)c2c1. The summed E-state index contributed by atoms with van der Waals surface area (Å²) in [5, 5.41) is 8.30. The number of amides is 1. The molecule has 2 heterocycles. The standard InChI is InChI=1S/C28H32N6O3/c1-5-36-20-11-12-23-21(14-20)27(34-15-22(17-9-10-17)25(29)33-34)31-26(30-23)18-7-6-8-19(13-18)37-16-24(35)32-28(2,3)4/h6-8,11-15,17H,5,9-10,16H2,1-4H3,(H2,29,33)(H,32,35). The van der Waals surface area contributed by atoms with Crippen LogP contribution >= 0.6 is 0 Å². The largest absolute Gasteiger partial charge is 0.494 e. The summed E-state index contributed by atoms with van der Waals surface area (Å²) in [6.07, 6.45) is 4.22. The van der Waals surface area contributed by atoms with Crippen molar-refractivity contribution in [2.24, 2.45) is 0 Å². The molecule has 9 nitrogen and oxygen atoms in total. The Bertz CT molecular complexity index is 1450. The van der Waals surface area contributed by atoms with Gasteiger partial charge in [-0.1, -0.05) is 12.1 Å². The van der Waals surface area contributed by atoms with Gasteiger partial charge in [-0.05, 0) is 76.8 Å². The summed E-state index contributed by atoms with van der Waals surface area (Å²) in [6.45, 7) is 8.21. The van der Waals surface area contributed by atoms with E-state index in [-0.39, 0.29) is 18.1 Å². The number of hydrogen-bond acceptors (Lipinski definition) is 7. The van der Waals surface area contributed by atoms with E-state index in [0.29, 0.717) is 35.7 Å². The van der Waals surface area contributed by atoms with Crippen molar-refractivity contribution in [1.29, 1.82) is 0 Å². The van der Waals surface area contributed by atoms with Crippen molar-refractivity contribution < 1.29 is 14.3 Å². The number of fused-ring (bicyclic) bond motifs is 1. The maximum atomic E-state index is 12.2. The van der Waals surface area contributed by atoms with Gasteiger partial charge < -0.3 is 20.5 Å². The van der Waals surface area contributed by atoms with E-state index in [2.05, 4.69) is 10.4 Å². The van der Waals surface area contributed by atoms with Crippen LogP contribution in [0.2, 0.25) is 0 Å². The summed E-state index contributed by atoms with van der Waals surface area (Å²) in [5.41, 5.74) is 8.50. The molecule has 0 aliphatic heterocycles. The molecule has 2 aromatic heterocycles. The molecule has 0 atom stereocenters. The predicted octanol–water partition coefficient (Wildman–Crippen LogP) is 4.63. The molecule has 192 valence electrons. The molecule has 0 saturated heterocycles. The van der Waals surface area contributed by atoms with Crippen LogP contribution in [-0.2, 0) is 4.79 Å². The fourth-order valence-electron chi connectivity index (χ4n) is 4.20. The zero-order valence-corrected chi connectivity index (χ0v) is 21.6. The molecule has 0 bridgehead atoms. The van der Waals surface area contributed by atoms with Gasteiger partial charge in [0.1, 0.15) is 17.3 Å². The summed E-state index contributed by atoms with van der Waals surface area (Å²) < 4.78 is 13.2. The molecular formula is C28H32N6O3. The maximum Gasteiger partial charge on any atom is 0.258 e. The van der Waals surface area contributed by atoms with Gasteiger partial charge in [-0.15, -0.1) is 5.10 Å². The third kappa shape index (κ3) is 5.66. The van der Waals surface area contributed by atoms with Crippen molar-refractivity contribution in [2.45, 2.75) is 52.0 Å². The summed E-state index contributed by atoms with van der Waals surface area (Å²) in [4.78, 5) is 21.9. The molecule has 9 heteroatoms. The lowest BCUT2D eigenvalue weighted by Gasteiger charge is -2.20. The molecule has 1 aliphatic rings. The van der Waals surface area contributed by atoms with Crippen molar-refractivity contribution in [2.75, 3.05) is 18.9 Å². The lowest BCUT2D eigenvalue weighted by Crippen LogP contribution is -2.43. The number of aromatic nitrogens is 4. The molecular weight excluding hydrogens is 468 g/mol. The van der Waals surface area contributed by atoms with Crippen LogP contribution in [0.3, 0.4) is 0 Å². The number of anilines is 1. The van der Waals surface area contributed by atoms with Gasteiger partial charge in [0.15, 0.2) is 18.2 Å². The van der Waals surface area contributed by atoms with Gasteiger partial charge in [0.25, 0.3) is 5.91 Å². The van der Waals surface area contributed by atoms with Gasteiger partial charge in [-0.3, -0.25) is 4.79 Å². The average molecular weight is 501 g/mol. The Morgan fingerprint density at radius 2 is 1.89 bits per heavy atom. The maximum absolute atomic E-state index is 12.2. The fraction of sp³-hybridized carbons (Fsp3) is 0.357. The molecule has 1 fully saturated rings. The third-order valence-corrected chi connectivity index (χ3v) is 5.94. The molecule has 1 saturated carbocycles. The Labute approximate surface area is 216 Å². The second-order valence-corrected chi connectivity index (χ2v) is 10.3. The number of nitrogens with two attached hydrogens (primary N) is 1. The van der Waals surface area contributed by atoms with E-state index in [1.807, 2.05) is 70.3 Å². The first kappa shape index (κ1) is 24.5. The smallest absolute Gasteiger partial charge is 0.258 e. The zero-order valence-electron chi connectivity index (χ0n) is 21.6. The molecule has 4 aromatic rings. The van der Waals surface area contributed by atoms with Gasteiger partial charge in [0, 0.05) is 28.2 Å². The van der Waals surface area contributed by atoms with Crippen molar-refractivity contribution in [3.63, 3.8) is 0 Å². The number of nitrogens with zero attached hydrogens (tertiary/aromatic N) is 4. The average Bonchev–Trinajstić information content (AvgIpc) is 3.62. The number of hydrogen-bond donors (Lipinski definition) is 2. The van der Waals surface area contributed by atoms with E-state index in [1.54, 1.807) is 10.7 Å². The molecule has 1 aliphatic carbocycles. The minimum absolute atomic E-state index is 0.0821. The fourth-order valence-corrected chi connectivity index (χ4v) is 4.20. The van der Waals surface area contributed by atoms with E-state index in [4.69, 9.17) is 25.2 Å². The summed E-state index contributed by atoms with van der Waals surface area (Å²) in [5.74, 6) is 3.23. The lowest BCUT2D eigenvalue weighted by atomic mass is 10.1. The highest BCUT2D eigenvalue weighted by atomic mass is 16.5.